The van der Waals surface area contributed by atoms with Crippen molar-refractivity contribution in [2.75, 3.05) is 11.9 Å². The van der Waals surface area contributed by atoms with Crippen molar-refractivity contribution < 1.29 is 14.3 Å². The van der Waals surface area contributed by atoms with E-state index in [2.05, 4.69) is 20.7 Å². The number of ether oxygens (including phenoxy) is 1. The Morgan fingerprint density at radius 3 is 2.75 bits per heavy atom. The van der Waals surface area contributed by atoms with Crippen molar-refractivity contribution in [2.45, 2.75) is 26.4 Å². The molecule has 2 amide bonds. The van der Waals surface area contributed by atoms with E-state index < -0.39 is 0 Å². The SMILES string of the molecule is Cc1nc(C(C)NC(=O)Cn2cc(NC(=O)COc3ccccc3)cn2)cs1. The van der Waals surface area contributed by atoms with Crippen LogP contribution in [0.5, 0.6) is 5.75 Å². The minimum Gasteiger partial charge on any atom is -0.484 e. The highest BCUT2D eigenvalue weighted by Gasteiger charge is 2.13. The van der Waals surface area contributed by atoms with Gasteiger partial charge in [0.1, 0.15) is 12.3 Å². The van der Waals surface area contributed by atoms with Gasteiger partial charge in [-0.1, -0.05) is 18.2 Å². The van der Waals surface area contributed by atoms with Crippen LogP contribution in [0.3, 0.4) is 0 Å². The number of anilines is 1. The molecular weight excluding hydrogens is 378 g/mol. The Morgan fingerprint density at radius 1 is 1.25 bits per heavy atom. The molecule has 9 heteroatoms. The number of rotatable bonds is 8. The quantitative estimate of drug-likeness (QED) is 0.607. The Hall–Kier alpha value is -3.20. The molecule has 0 saturated carbocycles. The zero-order valence-electron chi connectivity index (χ0n) is 15.6. The van der Waals surface area contributed by atoms with Gasteiger partial charge in [0.15, 0.2) is 6.61 Å². The number of para-hydroxylation sites is 1. The summed E-state index contributed by atoms with van der Waals surface area (Å²) in [6, 6.07) is 8.91. The fraction of sp³-hybridized carbons (Fsp3) is 0.263. The molecule has 0 aliphatic carbocycles. The summed E-state index contributed by atoms with van der Waals surface area (Å²) in [7, 11) is 0. The first kappa shape index (κ1) is 19.6. The van der Waals surface area contributed by atoms with Crippen molar-refractivity contribution in [3.63, 3.8) is 0 Å². The summed E-state index contributed by atoms with van der Waals surface area (Å²) in [5.41, 5.74) is 1.33. The second-order valence-electron chi connectivity index (χ2n) is 6.16. The van der Waals surface area contributed by atoms with E-state index in [4.69, 9.17) is 4.74 Å². The Balaban J connectivity index is 1.45. The van der Waals surface area contributed by atoms with Crippen molar-refractivity contribution in [1.82, 2.24) is 20.1 Å². The highest BCUT2D eigenvalue weighted by Crippen LogP contribution is 2.15. The zero-order valence-corrected chi connectivity index (χ0v) is 16.4. The van der Waals surface area contributed by atoms with E-state index in [1.807, 2.05) is 37.4 Å². The summed E-state index contributed by atoms with van der Waals surface area (Å²) in [5.74, 6) is 0.126. The lowest BCUT2D eigenvalue weighted by Crippen LogP contribution is -2.30. The van der Waals surface area contributed by atoms with Gasteiger partial charge in [0.05, 0.1) is 28.6 Å². The van der Waals surface area contributed by atoms with Gasteiger partial charge in [-0.15, -0.1) is 11.3 Å². The number of nitrogens with zero attached hydrogens (tertiary/aromatic N) is 3. The topological polar surface area (TPSA) is 98.1 Å². The van der Waals surface area contributed by atoms with Crippen LogP contribution >= 0.6 is 11.3 Å². The maximum absolute atomic E-state index is 12.2. The monoisotopic (exact) mass is 399 g/mol. The van der Waals surface area contributed by atoms with E-state index >= 15 is 0 Å². The first-order valence-corrected chi connectivity index (χ1v) is 9.59. The predicted octanol–water partition coefficient (Wildman–Crippen LogP) is 2.54. The Bertz CT molecular complexity index is 938. The van der Waals surface area contributed by atoms with Gasteiger partial charge in [0, 0.05) is 11.6 Å². The highest BCUT2D eigenvalue weighted by atomic mass is 32.1. The predicted molar refractivity (Wildman–Crippen MR) is 106 cm³/mol. The van der Waals surface area contributed by atoms with Gasteiger partial charge >= 0.3 is 0 Å². The molecule has 2 heterocycles. The van der Waals surface area contributed by atoms with Gasteiger partial charge in [0.25, 0.3) is 5.91 Å². The number of carbonyl (C=O) groups excluding carboxylic acids is 2. The molecule has 146 valence electrons. The summed E-state index contributed by atoms with van der Waals surface area (Å²) in [6.07, 6.45) is 3.08. The number of benzene rings is 1. The summed E-state index contributed by atoms with van der Waals surface area (Å²) in [6.45, 7) is 3.74. The van der Waals surface area contributed by atoms with Gasteiger partial charge < -0.3 is 15.4 Å². The van der Waals surface area contributed by atoms with Crippen LogP contribution in [0.2, 0.25) is 0 Å². The molecule has 0 fully saturated rings. The Labute approximate surface area is 166 Å². The van der Waals surface area contributed by atoms with E-state index in [-0.39, 0.29) is 31.0 Å². The number of thiazole rings is 1. The molecule has 0 aliphatic heterocycles. The third-order valence-electron chi connectivity index (χ3n) is 3.79. The van der Waals surface area contributed by atoms with Crippen molar-refractivity contribution in [3.8, 4) is 5.75 Å². The second-order valence-corrected chi connectivity index (χ2v) is 7.22. The van der Waals surface area contributed by atoms with Gasteiger partial charge in [0.2, 0.25) is 5.91 Å². The van der Waals surface area contributed by atoms with Crippen LogP contribution in [0.15, 0.2) is 48.1 Å². The van der Waals surface area contributed by atoms with Crippen molar-refractivity contribution >= 4 is 28.8 Å². The summed E-state index contributed by atoms with van der Waals surface area (Å²) >= 11 is 1.54. The molecule has 2 aromatic heterocycles. The number of aryl methyl sites for hydroxylation is 1. The Morgan fingerprint density at radius 2 is 2.04 bits per heavy atom. The van der Waals surface area contributed by atoms with Crippen molar-refractivity contribution in [2.24, 2.45) is 0 Å². The Kier molecular flexibility index (Phi) is 6.38. The number of aromatic nitrogens is 3. The van der Waals surface area contributed by atoms with Crippen LogP contribution in [-0.2, 0) is 16.1 Å². The maximum atomic E-state index is 12.2. The molecule has 8 nitrogen and oxygen atoms in total. The van der Waals surface area contributed by atoms with Crippen molar-refractivity contribution in [3.05, 3.63) is 58.8 Å². The summed E-state index contributed by atoms with van der Waals surface area (Å²) in [5, 5.41) is 12.6. The first-order chi connectivity index (χ1) is 13.5. The van der Waals surface area contributed by atoms with Crippen LogP contribution in [0.1, 0.15) is 23.7 Å². The lowest BCUT2D eigenvalue weighted by molar-refractivity contribution is -0.122. The number of nitrogens with one attached hydrogen (secondary N) is 2. The molecule has 3 aromatic rings. The lowest BCUT2D eigenvalue weighted by Gasteiger charge is -2.11. The molecular formula is C19H21N5O3S. The second kappa shape index (κ2) is 9.14. The molecule has 0 saturated heterocycles. The molecule has 28 heavy (non-hydrogen) atoms. The largest absolute Gasteiger partial charge is 0.484 e. The summed E-state index contributed by atoms with van der Waals surface area (Å²) in [4.78, 5) is 28.5. The standard InChI is InChI=1S/C19H21N5O3S/c1-13(17-12-28-14(2)22-17)21-18(25)10-24-9-15(8-20-24)23-19(26)11-27-16-6-4-3-5-7-16/h3-9,12-13H,10-11H2,1-2H3,(H,21,25)(H,23,26). The average molecular weight is 399 g/mol. The van der Waals surface area contributed by atoms with E-state index in [1.54, 1.807) is 29.7 Å². The smallest absolute Gasteiger partial charge is 0.262 e. The molecule has 0 bridgehead atoms. The molecule has 0 spiro atoms. The molecule has 1 atom stereocenters. The van der Waals surface area contributed by atoms with Crippen molar-refractivity contribution in [1.29, 1.82) is 0 Å². The summed E-state index contributed by atoms with van der Waals surface area (Å²) < 4.78 is 6.85. The molecule has 1 unspecified atom stereocenters. The minimum atomic E-state index is -0.305. The van der Waals surface area contributed by atoms with Crippen LogP contribution in [-0.4, -0.2) is 33.2 Å². The molecule has 2 N–H and O–H groups in total. The maximum Gasteiger partial charge on any atom is 0.262 e. The molecule has 3 rings (SSSR count). The third kappa shape index (κ3) is 5.65. The van der Waals surface area contributed by atoms with E-state index in [0.29, 0.717) is 11.4 Å². The van der Waals surface area contributed by atoms with Gasteiger partial charge in [-0.05, 0) is 26.0 Å². The lowest BCUT2D eigenvalue weighted by atomic mass is 10.2. The molecule has 0 radical (unpaired) electrons. The highest BCUT2D eigenvalue weighted by molar-refractivity contribution is 7.09. The fourth-order valence-electron chi connectivity index (χ4n) is 2.46. The van der Waals surface area contributed by atoms with Crippen LogP contribution in [0.25, 0.3) is 0 Å². The third-order valence-corrected chi connectivity index (χ3v) is 4.59. The van der Waals surface area contributed by atoms with Crippen LogP contribution in [0.4, 0.5) is 5.69 Å². The fourth-order valence-corrected chi connectivity index (χ4v) is 3.17. The number of amides is 2. The van der Waals surface area contributed by atoms with Crippen LogP contribution < -0.4 is 15.4 Å². The minimum absolute atomic E-state index is 0.0455. The van der Waals surface area contributed by atoms with E-state index in [0.717, 1.165) is 10.7 Å². The van der Waals surface area contributed by atoms with Gasteiger partial charge in [-0.2, -0.15) is 5.10 Å². The van der Waals surface area contributed by atoms with Crippen LogP contribution in [0, 0.1) is 6.92 Å². The molecule has 0 aliphatic rings. The average Bonchev–Trinajstić information content (AvgIpc) is 3.29. The first-order valence-electron chi connectivity index (χ1n) is 8.71. The zero-order chi connectivity index (χ0) is 19.9. The van der Waals surface area contributed by atoms with Gasteiger partial charge in [-0.25, -0.2) is 4.98 Å². The molecule has 1 aromatic carbocycles. The number of carbonyl (C=O) groups is 2. The van der Waals surface area contributed by atoms with Gasteiger partial charge in [-0.3, -0.25) is 14.3 Å². The normalized spacial score (nSPS) is 11.6. The number of hydrogen-bond acceptors (Lipinski definition) is 6. The van der Waals surface area contributed by atoms with E-state index in [1.165, 1.54) is 10.9 Å². The number of hydrogen-bond donors (Lipinski definition) is 2. The van der Waals surface area contributed by atoms with E-state index in [9.17, 15) is 9.59 Å².